The first-order valence-corrected chi connectivity index (χ1v) is 7.36. The Morgan fingerprint density at radius 1 is 1.43 bits per heavy atom. The zero-order valence-electron chi connectivity index (χ0n) is 12.0. The normalized spacial score (nSPS) is 22.2. The first-order chi connectivity index (χ1) is 10.1. The van der Waals surface area contributed by atoms with Crippen LogP contribution in [0, 0.1) is 0 Å². The summed E-state index contributed by atoms with van der Waals surface area (Å²) in [4.78, 5) is 13.6. The number of hydrogen-bond donors (Lipinski definition) is 1. The molecule has 0 saturated carbocycles. The molecule has 0 radical (unpaired) electrons. The van der Waals surface area contributed by atoms with Gasteiger partial charge < -0.3 is 14.6 Å². The Morgan fingerprint density at radius 2 is 2.14 bits per heavy atom. The third-order valence-electron chi connectivity index (χ3n) is 3.53. The van der Waals surface area contributed by atoms with Gasteiger partial charge in [0.2, 0.25) is 0 Å². The minimum atomic E-state index is -0.466. The fourth-order valence-corrected chi connectivity index (χ4v) is 2.62. The van der Waals surface area contributed by atoms with Crippen molar-refractivity contribution < 1.29 is 19.4 Å². The van der Waals surface area contributed by atoms with Crippen LogP contribution in [-0.4, -0.2) is 54.9 Å². The van der Waals surface area contributed by atoms with Crippen molar-refractivity contribution in [2.24, 2.45) is 0 Å². The second-order valence-electron chi connectivity index (χ2n) is 5.08. The molecule has 0 aliphatic carbocycles. The monoisotopic (exact) mass is 313 g/mol. The minimum Gasteiger partial charge on any atom is -0.494 e. The molecule has 2 rings (SSSR count). The largest absolute Gasteiger partial charge is 0.494 e. The van der Waals surface area contributed by atoms with E-state index in [-0.39, 0.29) is 12.0 Å². The van der Waals surface area contributed by atoms with Crippen molar-refractivity contribution in [3.05, 3.63) is 29.3 Å². The number of halogens is 1. The van der Waals surface area contributed by atoms with Gasteiger partial charge in [0.1, 0.15) is 11.8 Å². The van der Waals surface area contributed by atoms with Gasteiger partial charge in [0.15, 0.2) is 0 Å². The first kappa shape index (κ1) is 16.1. The molecule has 6 heteroatoms. The van der Waals surface area contributed by atoms with Gasteiger partial charge in [-0.1, -0.05) is 11.6 Å². The molecule has 1 aliphatic rings. The molecule has 1 fully saturated rings. The van der Waals surface area contributed by atoms with Crippen molar-refractivity contribution in [2.75, 3.05) is 26.8 Å². The van der Waals surface area contributed by atoms with E-state index in [9.17, 15) is 9.90 Å². The third kappa shape index (κ3) is 4.59. The fraction of sp³-hybridized carbons (Fsp3) is 0.533. The Balaban J connectivity index is 1.74. The number of benzene rings is 1. The lowest BCUT2D eigenvalue weighted by Crippen LogP contribution is -2.37. The number of nitrogens with zero attached hydrogens (tertiary/aromatic N) is 1. The second kappa shape index (κ2) is 7.64. The summed E-state index contributed by atoms with van der Waals surface area (Å²) in [5.41, 5.74) is 0. The summed E-state index contributed by atoms with van der Waals surface area (Å²) in [6.45, 7) is 1.73. The van der Waals surface area contributed by atoms with Crippen molar-refractivity contribution in [1.29, 1.82) is 0 Å². The van der Waals surface area contributed by atoms with Crippen LogP contribution in [0.3, 0.4) is 0 Å². The third-order valence-corrected chi connectivity index (χ3v) is 3.78. The van der Waals surface area contributed by atoms with Gasteiger partial charge >= 0.3 is 5.97 Å². The quantitative estimate of drug-likeness (QED) is 0.640. The molecule has 0 bridgehead atoms. The molecular formula is C15H20ClNO4. The highest BCUT2D eigenvalue weighted by Crippen LogP contribution is 2.20. The van der Waals surface area contributed by atoms with E-state index in [1.807, 2.05) is 17.0 Å². The van der Waals surface area contributed by atoms with E-state index in [0.717, 1.165) is 12.2 Å². The van der Waals surface area contributed by atoms with Crippen molar-refractivity contribution in [2.45, 2.75) is 25.0 Å². The molecule has 116 valence electrons. The van der Waals surface area contributed by atoms with Gasteiger partial charge in [-0.15, -0.1) is 0 Å². The molecule has 0 amide bonds. The average Bonchev–Trinajstić information content (AvgIpc) is 2.85. The number of hydrogen-bond acceptors (Lipinski definition) is 5. The highest BCUT2D eigenvalue weighted by molar-refractivity contribution is 6.30. The number of aliphatic hydroxyl groups is 1. The predicted molar refractivity (Wildman–Crippen MR) is 79.6 cm³/mol. The highest BCUT2D eigenvalue weighted by Gasteiger charge is 2.36. The minimum absolute atomic E-state index is 0.287. The Bertz CT molecular complexity index is 465. The lowest BCUT2D eigenvalue weighted by molar-refractivity contribution is -0.145. The van der Waals surface area contributed by atoms with Crippen molar-refractivity contribution in [3.63, 3.8) is 0 Å². The second-order valence-corrected chi connectivity index (χ2v) is 5.52. The molecule has 2 atom stereocenters. The van der Waals surface area contributed by atoms with Crippen LogP contribution >= 0.6 is 11.6 Å². The summed E-state index contributed by atoms with van der Waals surface area (Å²) in [5.74, 6) is 0.482. The van der Waals surface area contributed by atoms with Crippen LogP contribution in [0.1, 0.15) is 12.8 Å². The van der Waals surface area contributed by atoms with Crippen LogP contribution in [-0.2, 0) is 9.53 Å². The summed E-state index contributed by atoms with van der Waals surface area (Å²) < 4.78 is 10.4. The van der Waals surface area contributed by atoms with E-state index in [1.165, 1.54) is 7.11 Å². The van der Waals surface area contributed by atoms with Gasteiger partial charge in [0, 0.05) is 24.5 Å². The maximum atomic E-state index is 11.6. The molecule has 0 spiro atoms. The maximum absolute atomic E-state index is 11.6. The summed E-state index contributed by atoms with van der Waals surface area (Å²) in [7, 11) is 1.37. The molecule has 1 aromatic carbocycles. The number of carbonyl (C=O) groups is 1. The van der Waals surface area contributed by atoms with E-state index < -0.39 is 6.10 Å². The number of esters is 1. The standard InChI is InChI=1S/C15H20ClNO4/c1-20-15(19)14-9-12(18)10-17(14)7-2-8-21-13-5-3-11(16)4-6-13/h3-6,12,14,18H,2,7-10H2,1H3. The van der Waals surface area contributed by atoms with Crippen molar-refractivity contribution in [3.8, 4) is 5.75 Å². The number of aliphatic hydroxyl groups excluding tert-OH is 1. The molecule has 1 aromatic rings. The molecule has 5 nitrogen and oxygen atoms in total. The molecule has 2 unspecified atom stereocenters. The van der Waals surface area contributed by atoms with Gasteiger partial charge in [0.05, 0.1) is 19.8 Å². The van der Waals surface area contributed by atoms with Gasteiger partial charge in [-0.05, 0) is 30.7 Å². The molecule has 1 heterocycles. The number of carbonyl (C=O) groups excluding carboxylic acids is 1. The number of rotatable bonds is 6. The number of ether oxygens (including phenoxy) is 2. The Labute approximate surface area is 129 Å². The molecule has 1 saturated heterocycles. The van der Waals surface area contributed by atoms with Crippen LogP contribution in [0.15, 0.2) is 24.3 Å². The van der Waals surface area contributed by atoms with E-state index in [1.54, 1.807) is 12.1 Å². The molecule has 1 N–H and O–H groups in total. The van der Waals surface area contributed by atoms with Gasteiger partial charge in [0.25, 0.3) is 0 Å². The lowest BCUT2D eigenvalue weighted by atomic mass is 10.2. The number of β-amino-alcohol motifs (C(OH)–C–C–N with tert-alkyl or cyclic N) is 1. The first-order valence-electron chi connectivity index (χ1n) is 6.98. The molecule has 0 aromatic heterocycles. The van der Waals surface area contributed by atoms with Crippen LogP contribution in [0.25, 0.3) is 0 Å². The lowest BCUT2D eigenvalue weighted by Gasteiger charge is -2.21. The SMILES string of the molecule is COC(=O)C1CC(O)CN1CCCOc1ccc(Cl)cc1. The topological polar surface area (TPSA) is 59.0 Å². The molecule has 21 heavy (non-hydrogen) atoms. The number of likely N-dealkylation sites (tertiary alicyclic amines) is 1. The molecule has 1 aliphatic heterocycles. The van der Waals surface area contributed by atoms with Gasteiger partial charge in [-0.25, -0.2) is 0 Å². The van der Waals surface area contributed by atoms with Crippen molar-refractivity contribution in [1.82, 2.24) is 4.90 Å². The van der Waals surface area contributed by atoms with E-state index in [2.05, 4.69) is 0 Å². The van der Waals surface area contributed by atoms with E-state index in [0.29, 0.717) is 31.1 Å². The van der Waals surface area contributed by atoms with Gasteiger partial charge in [-0.2, -0.15) is 0 Å². The Kier molecular flexibility index (Phi) is 5.85. The van der Waals surface area contributed by atoms with Crippen LogP contribution in [0.4, 0.5) is 0 Å². The Hall–Kier alpha value is -1.30. The van der Waals surface area contributed by atoms with Crippen LogP contribution in [0.5, 0.6) is 5.75 Å². The van der Waals surface area contributed by atoms with E-state index in [4.69, 9.17) is 21.1 Å². The summed E-state index contributed by atoms with van der Waals surface area (Å²) in [6, 6.07) is 6.85. The summed E-state index contributed by atoms with van der Waals surface area (Å²) in [6.07, 6.45) is 0.736. The summed E-state index contributed by atoms with van der Waals surface area (Å²) in [5, 5.41) is 10.4. The van der Waals surface area contributed by atoms with Gasteiger partial charge in [-0.3, -0.25) is 9.69 Å². The zero-order chi connectivity index (χ0) is 15.2. The highest BCUT2D eigenvalue weighted by atomic mass is 35.5. The zero-order valence-corrected chi connectivity index (χ0v) is 12.8. The van der Waals surface area contributed by atoms with Crippen LogP contribution < -0.4 is 4.74 Å². The maximum Gasteiger partial charge on any atom is 0.323 e. The van der Waals surface area contributed by atoms with Crippen molar-refractivity contribution >= 4 is 17.6 Å². The smallest absolute Gasteiger partial charge is 0.323 e. The number of methoxy groups -OCH3 is 1. The fourth-order valence-electron chi connectivity index (χ4n) is 2.50. The van der Waals surface area contributed by atoms with Crippen LogP contribution in [0.2, 0.25) is 5.02 Å². The van der Waals surface area contributed by atoms with E-state index >= 15 is 0 Å². The summed E-state index contributed by atoms with van der Waals surface area (Å²) >= 11 is 5.80. The predicted octanol–water partition coefficient (Wildman–Crippen LogP) is 1.72. The Morgan fingerprint density at radius 3 is 2.81 bits per heavy atom. The average molecular weight is 314 g/mol. The molecular weight excluding hydrogens is 294 g/mol.